The molecule has 86 heavy (non-hydrogen) atoms. The fourth-order valence-corrected chi connectivity index (χ4v) is 10.9. The summed E-state index contributed by atoms with van der Waals surface area (Å²) in [5, 5.41) is 6.13. The standard InChI is InChI=1S/C70H116N6O10/c77-69(71-35-23-13-9-5-1-3-7-11-15-25-37-73-39-47-79-55-59-83-51-43-75(63-65-27-19-17-20-28-65)44-52-84-60-56-80-48-40-73)67-31-33-68(34-32-67)70(78)72-36-24-14-10-6-2-4-8-12-16-26-38-74-41-49-81-57-61-85-53-45-76(64-66-29-21-18-22-30-66)46-54-86-62-58-82-50-42-74/h17-22,27-34H,1-16,23-26,35-64H2,(H,71,77)(H,72,78). The largest absolute Gasteiger partial charge is 0.378 e. The second kappa shape index (κ2) is 51.9. The van der Waals surface area contributed by atoms with Crippen LogP contribution in [0.15, 0.2) is 84.9 Å². The first-order valence-electron chi connectivity index (χ1n) is 33.9. The predicted octanol–water partition coefficient (Wildman–Crippen LogP) is 10.7. The smallest absolute Gasteiger partial charge is 0.251 e. The number of hydrogen-bond donors (Lipinski definition) is 2. The molecular weight excluding hydrogens is 1080 g/mol. The van der Waals surface area contributed by atoms with Crippen molar-refractivity contribution in [3.05, 3.63) is 107 Å². The maximum absolute atomic E-state index is 12.8. The number of rotatable bonds is 32. The van der Waals surface area contributed by atoms with Crippen LogP contribution in [0.5, 0.6) is 0 Å². The number of carbonyl (C=O) groups excluding carboxylic acids is 2. The number of carbonyl (C=O) groups is 2. The third-order valence-electron chi connectivity index (χ3n) is 16.2. The molecule has 0 bridgehead atoms. The Bertz CT molecular complexity index is 1850. The number of ether oxygens (including phenoxy) is 8. The summed E-state index contributed by atoms with van der Waals surface area (Å²) in [6, 6.07) is 28.2. The van der Waals surface area contributed by atoms with E-state index in [4.69, 9.17) is 37.9 Å². The number of nitrogens with one attached hydrogen (secondary N) is 2. The summed E-state index contributed by atoms with van der Waals surface area (Å²) in [5.74, 6) is -0.156. The molecule has 0 aromatic heterocycles. The molecule has 2 N–H and O–H groups in total. The van der Waals surface area contributed by atoms with Crippen molar-refractivity contribution >= 4 is 11.8 Å². The van der Waals surface area contributed by atoms with Gasteiger partial charge in [-0.1, -0.05) is 163 Å². The van der Waals surface area contributed by atoms with Crippen molar-refractivity contribution in [1.82, 2.24) is 30.2 Å². The lowest BCUT2D eigenvalue weighted by molar-refractivity contribution is 0.00699. The van der Waals surface area contributed by atoms with Crippen LogP contribution in [0, 0.1) is 0 Å². The summed E-state index contributed by atoms with van der Waals surface area (Å²) in [6.07, 6.45) is 24.3. The molecular formula is C70H116N6O10. The Kier molecular flexibility index (Phi) is 44.0. The van der Waals surface area contributed by atoms with Gasteiger partial charge in [0.1, 0.15) is 0 Å². The van der Waals surface area contributed by atoms with Crippen LogP contribution in [0.1, 0.15) is 160 Å². The van der Waals surface area contributed by atoms with Crippen LogP contribution in [0.3, 0.4) is 0 Å². The molecule has 2 fully saturated rings. The van der Waals surface area contributed by atoms with Gasteiger partial charge in [0.25, 0.3) is 11.8 Å². The Balaban J connectivity index is 0.768. The first-order chi connectivity index (χ1) is 42.6. The summed E-state index contributed by atoms with van der Waals surface area (Å²) in [7, 11) is 0. The zero-order valence-corrected chi connectivity index (χ0v) is 53.3. The maximum atomic E-state index is 12.8. The van der Waals surface area contributed by atoms with Crippen molar-refractivity contribution < 1.29 is 47.5 Å². The summed E-state index contributed by atoms with van der Waals surface area (Å²) in [6.45, 7) is 22.9. The van der Waals surface area contributed by atoms with E-state index in [2.05, 4.69) is 90.9 Å². The highest BCUT2D eigenvalue weighted by Gasteiger charge is 2.13. The van der Waals surface area contributed by atoms with E-state index < -0.39 is 0 Å². The molecule has 16 heteroatoms. The average molecular weight is 1200 g/mol. The number of hydrogen-bond acceptors (Lipinski definition) is 14. The highest BCUT2D eigenvalue weighted by atomic mass is 16.5. The van der Waals surface area contributed by atoms with E-state index in [1.54, 1.807) is 24.3 Å². The summed E-state index contributed by atoms with van der Waals surface area (Å²) >= 11 is 0. The van der Waals surface area contributed by atoms with Gasteiger partial charge in [0.2, 0.25) is 0 Å². The Labute approximate surface area is 520 Å². The first kappa shape index (κ1) is 72.9. The van der Waals surface area contributed by atoms with Gasteiger partial charge in [-0.05, 0) is 74.2 Å². The minimum absolute atomic E-state index is 0.0782. The minimum atomic E-state index is -0.0782. The molecule has 0 unspecified atom stereocenters. The molecule has 0 saturated carbocycles. The van der Waals surface area contributed by atoms with Crippen molar-refractivity contribution in [2.45, 2.75) is 142 Å². The lowest BCUT2D eigenvalue weighted by Gasteiger charge is -2.23. The molecule has 0 spiro atoms. The second-order valence-corrected chi connectivity index (χ2v) is 23.3. The molecule has 5 rings (SSSR count). The molecule has 486 valence electrons. The van der Waals surface area contributed by atoms with E-state index in [0.717, 1.165) is 104 Å². The molecule has 0 radical (unpaired) electrons. The van der Waals surface area contributed by atoms with Crippen LogP contribution in [0.4, 0.5) is 0 Å². The topological polar surface area (TPSA) is 145 Å². The third kappa shape index (κ3) is 38.5. The normalized spacial score (nSPS) is 17.9. The van der Waals surface area contributed by atoms with Gasteiger partial charge in [0, 0.05) is 89.7 Å². The Morgan fingerprint density at radius 2 is 0.512 bits per heavy atom. The van der Waals surface area contributed by atoms with E-state index in [1.165, 1.54) is 114 Å². The maximum Gasteiger partial charge on any atom is 0.251 e. The van der Waals surface area contributed by atoms with Crippen LogP contribution >= 0.6 is 0 Å². The lowest BCUT2D eigenvalue weighted by Crippen LogP contribution is -2.33. The van der Waals surface area contributed by atoms with Crippen LogP contribution in [-0.4, -0.2) is 216 Å². The lowest BCUT2D eigenvalue weighted by atomic mass is 10.1. The Morgan fingerprint density at radius 3 is 0.779 bits per heavy atom. The number of unbranched alkanes of at least 4 members (excludes halogenated alkanes) is 18. The molecule has 3 aromatic carbocycles. The zero-order chi connectivity index (χ0) is 60.1. The van der Waals surface area contributed by atoms with Crippen molar-refractivity contribution in [1.29, 1.82) is 0 Å². The van der Waals surface area contributed by atoms with E-state index in [9.17, 15) is 9.59 Å². The fourth-order valence-electron chi connectivity index (χ4n) is 10.9. The third-order valence-corrected chi connectivity index (χ3v) is 16.2. The summed E-state index contributed by atoms with van der Waals surface area (Å²) in [4.78, 5) is 35.4. The van der Waals surface area contributed by atoms with Gasteiger partial charge in [-0.2, -0.15) is 0 Å². The quantitative estimate of drug-likeness (QED) is 0.0572. The molecule has 2 aliphatic heterocycles. The van der Waals surface area contributed by atoms with Gasteiger partial charge in [-0.25, -0.2) is 0 Å². The fraction of sp³-hybridized carbons (Fsp3) is 0.714. The van der Waals surface area contributed by atoms with Crippen molar-refractivity contribution in [3.63, 3.8) is 0 Å². The van der Waals surface area contributed by atoms with Crippen LogP contribution in [-0.2, 0) is 51.0 Å². The number of amides is 2. The van der Waals surface area contributed by atoms with Gasteiger partial charge < -0.3 is 48.5 Å². The van der Waals surface area contributed by atoms with Crippen molar-refractivity contribution in [3.8, 4) is 0 Å². The molecule has 0 aliphatic carbocycles. The van der Waals surface area contributed by atoms with E-state index in [1.807, 2.05) is 0 Å². The highest BCUT2D eigenvalue weighted by molar-refractivity contribution is 5.97. The van der Waals surface area contributed by atoms with Crippen LogP contribution in [0.2, 0.25) is 0 Å². The molecule has 2 amide bonds. The van der Waals surface area contributed by atoms with Crippen LogP contribution < -0.4 is 10.6 Å². The molecule has 2 heterocycles. The molecule has 2 saturated heterocycles. The zero-order valence-electron chi connectivity index (χ0n) is 53.3. The van der Waals surface area contributed by atoms with Gasteiger partial charge in [-0.3, -0.25) is 29.2 Å². The predicted molar refractivity (Wildman–Crippen MR) is 346 cm³/mol. The van der Waals surface area contributed by atoms with Crippen molar-refractivity contribution in [2.24, 2.45) is 0 Å². The summed E-state index contributed by atoms with van der Waals surface area (Å²) < 4.78 is 47.6. The van der Waals surface area contributed by atoms with Gasteiger partial charge >= 0.3 is 0 Å². The molecule has 16 nitrogen and oxygen atoms in total. The second-order valence-electron chi connectivity index (χ2n) is 23.3. The Hall–Kier alpha value is -3.88. The Morgan fingerprint density at radius 1 is 0.279 bits per heavy atom. The molecule has 0 atom stereocenters. The van der Waals surface area contributed by atoms with E-state index in [-0.39, 0.29) is 11.8 Å². The SMILES string of the molecule is O=C(NCCCCCCCCCCCCN1CCOCCOCCN(Cc2ccccc2)CCOCCOCC1)c1ccc(C(=O)NCCCCCCCCCCCCN2CCOCCOCCN(Cc3ccccc3)CCOCCOCC2)cc1. The van der Waals surface area contributed by atoms with Crippen molar-refractivity contribution in [2.75, 3.05) is 184 Å². The van der Waals surface area contributed by atoms with Gasteiger partial charge in [-0.15, -0.1) is 0 Å². The average Bonchev–Trinajstić information content (AvgIpc) is 3.74. The number of nitrogens with zero attached hydrogens (tertiary/aromatic N) is 4. The van der Waals surface area contributed by atoms with Crippen LogP contribution in [0.25, 0.3) is 0 Å². The van der Waals surface area contributed by atoms with Gasteiger partial charge in [0.05, 0.1) is 106 Å². The summed E-state index contributed by atoms with van der Waals surface area (Å²) in [5.41, 5.74) is 3.79. The number of benzene rings is 3. The van der Waals surface area contributed by atoms with E-state index in [0.29, 0.717) is 130 Å². The molecule has 2 aliphatic rings. The monoisotopic (exact) mass is 1200 g/mol. The minimum Gasteiger partial charge on any atom is -0.378 e. The molecule has 3 aromatic rings. The van der Waals surface area contributed by atoms with Gasteiger partial charge in [0.15, 0.2) is 0 Å². The first-order valence-corrected chi connectivity index (χ1v) is 33.9. The highest BCUT2D eigenvalue weighted by Crippen LogP contribution is 2.14. The van der Waals surface area contributed by atoms with E-state index >= 15 is 0 Å².